The number of carbonyl (C=O) groups is 2. The Morgan fingerprint density at radius 3 is 2.75 bits per heavy atom. The standard InChI is InChI=1S/C23H25ClFN5O2/c24-17-7-3-1-5-14(17)12-26-22(31)13-9-10-16-19(11-13)30-21(27-23(16)32)20(28-29-30)15-6-2-4-8-18(15)25/h1-8,13,16,19-21,28-29H,9-12H2,(H,26,31)(H,27,32). The summed E-state index contributed by atoms with van der Waals surface area (Å²) in [5, 5.41) is 8.58. The number of benzene rings is 2. The Balaban J connectivity index is 1.28. The van der Waals surface area contributed by atoms with Crippen LogP contribution in [0.25, 0.3) is 0 Å². The zero-order valence-electron chi connectivity index (χ0n) is 17.4. The fourth-order valence-corrected chi connectivity index (χ4v) is 5.29. The summed E-state index contributed by atoms with van der Waals surface area (Å²) in [5.41, 5.74) is 7.59. The van der Waals surface area contributed by atoms with E-state index in [1.54, 1.807) is 24.3 Å². The van der Waals surface area contributed by atoms with Gasteiger partial charge in [0, 0.05) is 29.1 Å². The number of fused-ring (bicyclic) bond motifs is 3. The second-order valence-electron chi connectivity index (χ2n) is 8.61. The molecule has 3 fully saturated rings. The van der Waals surface area contributed by atoms with E-state index in [4.69, 9.17) is 11.6 Å². The van der Waals surface area contributed by atoms with Gasteiger partial charge in [-0.2, -0.15) is 5.53 Å². The predicted octanol–water partition coefficient (Wildman–Crippen LogP) is 2.40. The summed E-state index contributed by atoms with van der Waals surface area (Å²) in [4.78, 5) is 25.8. The van der Waals surface area contributed by atoms with Crippen molar-refractivity contribution in [1.82, 2.24) is 26.6 Å². The summed E-state index contributed by atoms with van der Waals surface area (Å²) < 4.78 is 14.4. The first-order chi connectivity index (χ1) is 15.5. The molecule has 0 bridgehead atoms. The molecule has 32 heavy (non-hydrogen) atoms. The minimum atomic E-state index is -0.439. The van der Waals surface area contributed by atoms with Crippen molar-refractivity contribution in [3.63, 3.8) is 0 Å². The third-order valence-electron chi connectivity index (χ3n) is 6.79. The smallest absolute Gasteiger partial charge is 0.226 e. The number of hydrogen-bond donors (Lipinski definition) is 4. The molecule has 0 spiro atoms. The molecule has 4 N–H and O–H groups in total. The van der Waals surface area contributed by atoms with Crippen molar-refractivity contribution in [3.8, 4) is 0 Å². The fourth-order valence-electron chi connectivity index (χ4n) is 5.09. The van der Waals surface area contributed by atoms with Crippen molar-refractivity contribution in [2.75, 3.05) is 0 Å². The normalized spacial score (nSPS) is 29.7. The second-order valence-corrected chi connectivity index (χ2v) is 9.02. The lowest BCUT2D eigenvalue weighted by Gasteiger charge is -2.46. The summed E-state index contributed by atoms with van der Waals surface area (Å²) >= 11 is 6.19. The van der Waals surface area contributed by atoms with Crippen LogP contribution in [-0.2, 0) is 16.1 Å². The SMILES string of the molecule is O=C(NCc1ccccc1Cl)C1CCC2C(=O)NC3C(c4ccccc4F)NNN3C2C1. The number of amides is 2. The van der Waals surface area contributed by atoms with Crippen molar-refractivity contribution in [3.05, 3.63) is 70.5 Å². The van der Waals surface area contributed by atoms with Crippen LogP contribution in [0.4, 0.5) is 4.39 Å². The van der Waals surface area contributed by atoms with Gasteiger partial charge >= 0.3 is 0 Å². The van der Waals surface area contributed by atoms with Gasteiger partial charge in [-0.15, -0.1) is 0 Å². The molecule has 2 aromatic rings. The van der Waals surface area contributed by atoms with Gasteiger partial charge in [0.25, 0.3) is 0 Å². The van der Waals surface area contributed by atoms with Crippen LogP contribution < -0.4 is 21.6 Å². The molecule has 2 heterocycles. The van der Waals surface area contributed by atoms with Crippen LogP contribution >= 0.6 is 11.6 Å². The third-order valence-corrected chi connectivity index (χ3v) is 7.16. The van der Waals surface area contributed by atoms with Crippen molar-refractivity contribution >= 4 is 23.4 Å². The van der Waals surface area contributed by atoms with Gasteiger partial charge in [0.2, 0.25) is 11.8 Å². The first kappa shape index (κ1) is 21.3. The largest absolute Gasteiger partial charge is 0.352 e. The monoisotopic (exact) mass is 457 g/mol. The second kappa shape index (κ2) is 8.78. The highest BCUT2D eigenvalue weighted by Gasteiger charge is 2.51. The topological polar surface area (TPSA) is 85.5 Å². The number of halogens is 2. The lowest BCUT2D eigenvalue weighted by molar-refractivity contribution is -0.143. The maximum atomic E-state index is 14.4. The van der Waals surface area contributed by atoms with Crippen LogP contribution in [0.15, 0.2) is 48.5 Å². The number of nitrogens with one attached hydrogen (secondary N) is 4. The van der Waals surface area contributed by atoms with Gasteiger partial charge in [-0.3, -0.25) is 9.59 Å². The number of rotatable bonds is 4. The molecule has 0 radical (unpaired) electrons. The molecule has 5 rings (SSSR count). The Hall–Kier alpha value is -2.52. The van der Waals surface area contributed by atoms with Crippen molar-refractivity contribution in [1.29, 1.82) is 0 Å². The third kappa shape index (κ3) is 3.88. The molecule has 3 aliphatic rings. The Kier molecular flexibility index (Phi) is 5.86. The molecule has 2 aliphatic heterocycles. The molecular formula is C23H25ClFN5O2. The van der Waals surface area contributed by atoms with E-state index in [1.165, 1.54) is 6.07 Å². The Labute approximate surface area is 190 Å². The number of carbonyl (C=O) groups excluding carboxylic acids is 2. The number of hydrazine groups is 2. The van der Waals surface area contributed by atoms with Crippen molar-refractivity contribution < 1.29 is 14.0 Å². The predicted molar refractivity (Wildman–Crippen MR) is 117 cm³/mol. The maximum Gasteiger partial charge on any atom is 0.226 e. The minimum Gasteiger partial charge on any atom is -0.352 e. The molecular weight excluding hydrogens is 433 g/mol. The van der Waals surface area contributed by atoms with Crippen LogP contribution in [0.5, 0.6) is 0 Å². The van der Waals surface area contributed by atoms with Crippen LogP contribution in [0, 0.1) is 17.7 Å². The van der Waals surface area contributed by atoms with E-state index in [2.05, 4.69) is 21.6 Å². The lowest BCUT2D eigenvalue weighted by Crippen LogP contribution is -2.65. The van der Waals surface area contributed by atoms with E-state index in [0.717, 1.165) is 5.56 Å². The molecule has 2 aromatic carbocycles. The molecule has 2 saturated heterocycles. The molecule has 1 aliphatic carbocycles. The van der Waals surface area contributed by atoms with Crippen LogP contribution in [0.2, 0.25) is 5.02 Å². The van der Waals surface area contributed by atoms with E-state index < -0.39 is 12.2 Å². The van der Waals surface area contributed by atoms with Gasteiger partial charge in [-0.1, -0.05) is 48.0 Å². The average molecular weight is 458 g/mol. The maximum absolute atomic E-state index is 14.4. The van der Waals surface area contributed by atoms with Gasteiger partial charge in [0.05, 0.1) is 12.0 Å². The highest BCUT2D eigenvalue weighted by atomic mass is 35.5. The summed E-state index contributed by atoms with van der Waals surface area (Å²) in [6.07, 6.45) is 1.37. The summed E-state index contributed by atoms with van der Waals surface area (Å²) in [7, 11) is 0. The Morgan fingerprint density at radius 1 is 1.16 bits per heavy atom. The molecule has 168 valence electrons. The first-order valence-electron chi connectivity index (χ1n) is 10.9. The summed E-state index contributed by atoms with van der Waals surface area (Å²) in [6.45, 7) is 0.366. The first-order valence-corrected chi connectivity index (χ1v) is 11.3. The molecule has 5 unspecified atom stereocenters. The van der Waals surface area contributed by atoms with Crippen LogP contribution in [-0.4, -0.2) is 29.0 Å². The minimum absolute atomic E-state index is 0.0382. The highest BCUT2D eigenvalue weighted by Crippen LogP contribution is 2.39. The zero-order valence-corrected chi connectivity index (χ0v) is 18.1. The van der Waals surface area contributed by atoms with Crippen LogP contribution in [0.1, 0.15) is 36.4 Å². The summed E-state index contributed by atoms with van der Waals surface area (Å²) in [5.74, 6) is -0.834. The van der Waals surface area contributed by atoms with E-state index >= 15 is 0 Å². The molecule has 2 amide bonds. The van der Waals surface area contributed by atoms with Gasteiger partial charge in [-0.05, 0) is 37.0 Å². The van der Waals surface area contributed by atoms with Crippen LogP contribution in [0.3, 0.4) is 0 Å². The van der Waals surface area contributed by atoms with Gasteiger partial charge in [-0.25, -0.2) is 14.8 Å². The summed E-state index contributed by atoms with van der Waals surface area (Å²) in [6, 6.07) is 13.4. The molecule has 9 heteroatoms. The van der Waals surface area contributed by atoms with E-state index in [0.29, 0.717) is 36.4 Å². The molecule has 5 atom stereocenters. The molecule has 0 aromatic heterocycles. The van der Waals surface area contributed by atoms with E-state index in [9.17, 15) is 14.0 Å². The quantitative estimate of drug-likeness (QED) is 0.566. The average Bonchev–Trinajstić information content (AvgIpc) is 3.22. The van der Waals surface area contributed by atoms with E-state index in [-0.39, 0.29) is 35.5 Å². The van der Waals surface area contributed by atoms with Crippen molar-refractivity contribution in [2.24, 2.45) is 11.8 Å². The lowest BCUT2D eigenvalue weighted by atomic mass is 9.75. The number of nitrogens with zero attached hydrogens (tertiary/aromatic N) is 1. The number of hydrogen-bond acceptors (Lipinski definition) is 5. The highest BCUT2D eigenvalue weighted by molar-refractivity contribution is 6.31. The molecule has 7 nitrogen and oxygen atoms in total. The Morgan fingerprint density at radius 2 is 1.94 bits per heavy atom. The fraction of sp³-hybridized carbons (Fsp3) is 0.391. The zero-order chi connectivity index (χ0) is 22.2. The van der Waals surface area contributed by atoms with Gasteiger partial charge < -0.3 is 10.6 Å². The van der Waals surface area contributed by atoms with E-state index in [1.807, 2.05) is 23.2 Å². The molecule has 1 saturated carbocycles. The van der Waals surface area contributed by atoms with Crippen molar-refractivity contribution in [2.45, 2.75) is 44.1 Å². The van der Waals surface area contributed by atoms with Gasteiger partial charge in [0.15, 0.2) is 0 Å². The van der Waals surface area contributed by atoms with Gasteiger partial charge in [0.1, 0.15) is 12.0 Å². The Bertz CT molecular complexity index is 1040.